The topological polar surface area (TPSA) is 130 Å². The first-order valence-corrected chi connectivity index (χ1v) is 12.6. The first-order valence-electron chi connectivity index (χ1n) is 11.8. The number of nitriles is 1. The van der Waals surface area contributed by atoms with Crippen LogP contribution >= 0.6 is 23.2 Å². The average Bonchev–Trinajstić information content (AvgIpc) is 3.29. The van der Waals surface area contributed by atoms with Crippen molar-refractivity contribution in [3.05, 3.63) is 84.0 Å². The number of esters is 1. The molecular weight excluding hydrogens is 561 g/mol. The number of aromatic nitrogens is 4. The molecule has 4 aromatic rings. The van der Waals surface area contributed by atoms with Crippen molar-refractivity contribution in [3.63, 3.8) is 0 Å². The van der Waals surface area contributed by atoms with Gasteiger partial charge < -0.3 is 14.2 Å². The number of ether oxygens (including phenoxy) is 3. The smallest absolute Gasteiger partial charge is 0.348 e. The van der Waals surface area contributed by atoms with E-state index in [2.05, 4.69) is 4.98 Å². The lowest BCUT2D eigenvalue weighted by atomic mass is 10.1. The second-order valence-corrected chi connectivity index (χ2v) is 9.34. The lowest BCUT2D eigenvalue weighted by Crippen LogP contribution is -2.37. The molecule has 0 unspecified atom stereocenters. The third-order valence-electron chi connectivity index (χ3n) is 5.97. The van der Waals surface area contributed by atoms with Crippen molar-refractivity contribution < 1.29 is 19.0 Å². The number of benzene rings is 2. The summed E-state index contributed by atoms with van der Waals surface area (Å²) in [5.41, 5.74) is 0.0314. The molecule has 13 heteroatoms. The zero-order valence-corrected chi connectivity index (χ0v) is 23.4. The van der Waals surface area contributed by atoms with Gasteiger partial charge in [0.1, 0.15) is 11.6 Å². The van der Waals surface area contributed by atoms with Crippen LogP contribution in [0.1, 0.15) is 18.1 Å². The summed E-state index contributed by atoms with van der Waals surface area (Å²) in [7, 11) is 4.29. The van der Waals surface area contributed by atoms with Gasteiger partial charge in [-0.25, -0.2) is 9.59 Å². The van der Waals surface area contributed by atoms with Gasteiger partial charge in [0.2, 0.25) is 0 Å². The van der Waals surface area contributed by atoms with Crippen LogP contribution < -0.4 is 20.7 Å². The van der Waals surface area contributed by atoms with Crippen molar-refractivity contribution >= 4 is 46.4 Å². The molecule has 4 rings (SSSR count). The minimum absolute atomic E-state index is 0.00912. The van der Waals surface area contributed by atoms with Gasteiger partial charge in [-0.3, -0.25) is 18.5 Å². The van der Waals surface area contributed by atoms with Crippen molar-refractivity contribution in [2.24, 2.45) is 14.1 Å². The third-order valence-corrected chi connectivity index (χ3v) is 6.56. The molecule has 0 radical (unpaired) electrons. The molecular formula is C27H23Cl2N5O6. The molecule has 0 amide bonds. The number of rotatable bonds is 8. The Hall–Kier alpha value is -4.53. The van der Waals surface area contributed by atoms with Gasteiger partial charge in [-0.1, -0.05) is 35.3 Å². The van der Waals surface area contributed by atoms with E-state index in [1.54, 1.807) is 43.3 Å². The van der Waals surface area contributed by atoms with Crippen molar-refractivity contribution in [2.75, 3.05) is 13.7 Å². The molecule has 40 heavy (non-hydrogen) atoms. The van der Waals surface area contributed by atoms with Crippen LogP contribution in [-0.2, 0) is 30.2 Å². The molecule has 2 heterocycles. The summed E-state index contributed by atoms with van der Waals surface area (Å²) in [6.07, 6.45) is 1.36. The maximum Gasteiger partial charge on any atom is 0.348 e. The number of hydrogen-bond acceptors (Lipinski definition) is 8. The number of halogens is 2. The van der Waals surface area contributed by atoms with Gasteiger partial charge in [0, 0.05) is 24.1 Å². The molecule has 0 N–H and O–H groups in total. The zero-order valence-electron chi connectivity index (χ0n) is 21.9. The molecule has 0 saturated heterocycles. The molecule has 0 aliphatic rings. The van der Waals surface area contributed by atoms with E-state index in [0.29, 0.717) is 21.2 Å². The second kappa shape index (κ2) is 11.7. The van der Waals surface area contributed by atoms with Gasteiger partial charge in [-0.15, -0.1) is 0 Å². The first-order chi connectivity index (χ1) is 19.1. The van der Waals surface area contributed by atoms with Crippen LogP contribution in [-0.4, -0.2) is 38.4 Å². The molecule has 206 valence electrons. The van der Waals surface area contributed by atoms with E-state index in [9.17, 15) is 19.6 Å². The highest BCUT2D eigenvalue weighted by molar-refractivity contribution is 6.35. The number of fused-ring (bicyclic) bond motifs is 1. The van der Waals surface area contributed by atoms with Gasteiger partial charge in [0.15, 0.2) is 22.7 Å². The van der Waals surface area contributed by atoms with E-state index in [4.69, 9.17) is 37.4 Å². The second-order valence-electron chi connectivity index (χ2n) is 8.50. The molecule has 0 bridgehead atoms. The average molecular weight is 584 g/mol. The summed E-state index contributed by atoms with van der Waals surface area (Å²) in [5.74, 6) is -0.277. The van der Waals surface area contributed by atoms with Gasteiger partial charge in [-0.05, 0) is 48.4 Å². The molecule has 0 aliphatic carbocycles. The largest absolute Gasteiger partial charge is 0.493 e. The predicted octanol–water partition coefficient (Wildman–Crippen LogP) is 4.06. The number of carbonyl (C=O) groups excluding carboxylic acids is 1. The Morgan fingerprint density at radius 3 is 2.50 bits per heavy atom. The molecule has 0 fully saturated rings. The number of methoxy groups -OCH3 is 1. The normalized spacial score (nSPS) is 11.4. The maximum absolute atomic E-state index is 13.2. The molecule has 2 aromatic carbocycles. The fraction of sp³-hybridized carbons (Fsp3) is 0.222. The fourth-order valence-electron chi connectivity index (χ4n) is 3.94. The summed E-state index contributed by atoms with van der Waals surface area (Å²) in [5, 5.41) is 10.2. The minimum Gasteiger partial charge on any atom is -0.493 e. The molecule has 0 spiro atoms. The van der Waals surface area contributed by atoms with Crippen LogP contribution in [0.3, 0.4) is 0 Å². The lowest BCUT2D eigenvalue weighted by Gasteiger charge is -2.13. The maximum atomic E-state index is 13.2. The Balaban J connectivity index is 1.85. The van der Waals surface area contributed by atoms with Crippen molar-refractivity contribution in [1.29, 1.82) is 5.26 Å². The number of imidazole rings is 1. The van der Waals surface area contributed by atoms with Crippen LogP contribution in [0.4, 0.5) is 0 Å². The van der Waals surface area contributed by atoms with Crippen molar-refractivity contribution in [1.82, 2.24) is 18.7 Å². The third kappa shape index (κ3) is 5.45. The SMILES string of the molecule is CCOC(=O)/C(C#N)=C/c1ccc(Oc2nc3c(c(=O)n(C)c(=O)n3C)n2Cc2ccc(Cl)cc2Cl)c(OC)c1. The summed E-state index contributed by atoms with van der Waals surface area (Å²) in [6, 6.07) is 11.5. The van der Waals surface area contributed by atoms with E-state index in [1.165, 1.54) is 36.4 Å². The Bertz CT molecular complexity index is 1830. The zero-order chi connectivity index (χ0) is 29.1. The highest BCUT2D eigenvalue weighted by atomic mass is 35.5. The van der Waals surface area contributed by atoms with Gasteiger partial charge in [0.05, 0.1) is 20.3 Å². The Morgan fingerprint density at radius 1 is 1.10 bits per heavy atom. The predicted molar refractivity (Wildman–Crippen MR) is 149 cm³/mol. The summed E-state index contributed by atoms with van der Waals surface area (Å²) in [4.78, 5) is 42.3. The highest BCUT2D eigenvalue weighted by Crippen LogP contribution is 2.34. The van der Waals surface area contributed by atoms with Crippen molar-refractivity contribution in [3.8, 4) is 23.6 Å². The Morgan fingerprint density at radius 2 is 1.85 bits per heavy atom. The van der Waals surface area contributed by atoms with E-state index in [0.717, 1.165) is 4.57 Å². The first kappa shape index (κ1) is 28.5. The van der Waals surface area contributed by atoms with E-state index in [1.807, 2.05) is 6.07 Å². The molecule has 2 aromatic heterocycles. The standard InChI is InChI=1S/C27H23Cl2N5O6/c1-5-39-25(36)17(13-30)10-15-6-9-20(21(11-15)38-4)40-26-31-23-22(24(35)33(3)27(37)32(23)2)34(26)14-16-7-8-18(28)12-19(16)29/h6-12H,5,14H2,1-4H3/b17-10+. The summed E-state index contributed by atoms with van der Waals surface area (Å²) in [6.45, 7) is 1.85. The quantitative estimate of drug-likeness (QED) is 0.172. The van der Waals surface area contributed by atoms with E-state index < -0.39 is 17.2 Å². The van der Waals surface area contributed by atoms with Crippen LogP contribution in [0.25, 0.3) is 17.2 Å². The van der Waals surface area contributed by atoms with Gasteiger partial charge >= 0.3 is 17.7 Å². The molecule has 0 aliphatic heterocycles. The lowest BCUT2D eigenvalue weighted by molar-refractivity contribution is -0.137. The summed E-state index contributed by atoms with van der Waals surface area (Å²) < 4.78 is 20.2. The van der Waals surface area contributed by atoms with Gasteiger partial charge in [-0.2, -0.15) is 10.2 Å². The monoisotopic (exact) mass is 583 g/mol. The van der Waals surface area contributed by atoms with Crippen LogP contribution in [0, 0.1) is 11.3 Å². The van der Waals surface area contributed by atoms with Crippen LogP contribution in [0.2, 0.25) is 10.0 Å². The van der Waals surface area contributed by atoms with E-state index in [-0.39, 0.29) is 47.4 Å². The van der Waals surface area contributed by atoms with Crippen LogP contribution in [0.15, 0.2) is 51.6 Å². The molecule has 0 atom stereocenters. The number of nitrogens with zero attached hydrogens (tertiary/aromatic N) is 5. The Kier molecular flexibility index (Phi) is 8.32. The van der Waals surface area contributed by atoms with Crippen molar-refractivity contribution in [2.45, 2.75) is 13.5 Å². The molecule has 11 nitrogen and oxygen atoms in total. The fourth-order valence-corrected chi connectivity index (χ4v) is 4.41. The molecule has 0 saturated carbocycles. The minimum atomic E-state index is -0.744. The van der Waals surface area contributed by atoms with E-state index >= 15 is 0 Å². The summed E-state index contributed by atoms with van der Waals surface area (Å²) >= 11 is 12.5. The number of hydrogen-bond donors (Lipinski definition) is 0. The van der Waals surface area contributed by atoms with Gasteiger partial charge in [0.25, 0.3) is 5.56 Å². The number of carbonyl (C=O) groups is 1. The Labute approximate surface area is 238 Å². The van der Waals surface area contributed by atoms with Crippen LogP contribution in [0.5, 0.6) is 17.5 Å². The highest BCUT2D eigenvalue weighted by Gasteiger charge is 2.23. The number of aryl methyl sites for hydroxylation is 1.